The van der Waals surface area contributed by atoms with E-state index in [1.54, 1.807) is 11.3 Å². The molecule has 1 unspecified atom stereocenters. The van der Waals surface area contributed by atoms with Gasteiger partial charge in [-0.15, -0.1) is 11.3 Å². The van der Waals surface area contributed by atoms with Gasteiger partial charge in [0.1, 0.15) is 0 Å². The number of aromatic nitrogens is 1. The molecule has 164 valence electrons. The first kappa shape index (κ1) is 22.2. The minimum absolute atomic E-state index is 0.0662. The molecule has 2 aromatic heterocycles. The molecule has 6 heteroatoms. The van der Waals surface area contributed by atoms with Crippen molar-refractivity contribution in [1.29, 1.82) is 0 Å². The predicted molar refractivity (Wildman–Crippen MR) is 138 cm³/mol. The van der Waals surface area contributed by atoms with E-state index in [0.717, 1.165) is 17.3 Å². The lowest BCUT2D eigenvalue weighted by Crippen LogP contribution is -2.40. The maximum atomic E-state index is 12.8. The summed E-state index contributed by atoms with van der Waals surface area (Å²) in [4.78, 5) is 19.2. The summed E-state index contributed by atoms with van der Waals surface area (Å²) in [6.45, 7) is 5.32. The molecule has 0 saturated carbocycles. The van der Waals surface area contributed by atoms with Gasteiger partial charge in [-0.3, -0.25) is 4.79 Å². The monoisotopic (exact) mass is 461 g/mol. The largest absolute Gasteiger partial charge is 0.356 e. The Morgan fingerprint density at radius 2 is 1.91 bits per heavy atom. The van der Waals surface area contributed by atoms with Crippen LogP contribution >= 0.6 is 23.6 Å². The van der Waals surface area contributed by atoms with Gasteiger partial charge in [0.15, 0.2) is 5.11 Å². The van der Waals surface area contributed by atoms with Crippen molar-refractivity contribution >= 4 is 39.6 Å². The average Bonchev–Trinajstić information content (AvgIpc) is 3.32. The molecule has 0 bridgehead atoms. The summed E-state index contributed by atoms with van der Waals surface area (Å²) in [5.74, 6) is 0. The highest BCUT2D eigenvalue weighted by atomic mass is 32.1. The van der Waals surface area contributed by atoms with Crippen LogP contribution in [0.5, 0.6) is 0 Å². The van der Waals surface area contributed by atoms with E-state index in [1.807, 2.05) is 36.4 Å². The van der Waals surface area contributed by atoms with Gasteiger partial charge >= 0.3 is 0 Å². The van der Waals surface area contributed by atoms with Gasteiger partial charge in [-0.2, -0.15) is 0 Å². The van der Waals surface area contributed by atoms with Gasteiger partial charge in [-0.1, -0.05) is 49.4 Å². The van der Waals surface area contributed by atoms with Crippen molar-refractivity contribution in [3.05, 3.63) is 104 Å². The highest BCUT2D eigenvalue weighted by Crippen LogP contribution is 2.19. The molecule has 4 nitrogen and oxygen atoms in total. The van der Waals surface area contributed by atoms with Crippen LogP contribution in [-0.2, 0) is 19.5 Å². The van der Waals surface area contributed by atoms with Crippen molar-refractivity contribution in [3.63, 3.8) is 0 Å². The highest BCUT2D eigenvalue weighted by molar-refractivity contribution is 7.80. The predicted octanol–water partition coefficient (Wildman–Crippen LogP) is 5.79. The van der Waals surface area contributed by atoms with Crippen molar-refractivity contribution in [2.75, 3.05) is 0 Å². The quantitative estimate of drug-likeness (QED) is 0.342. The van der Waals surface area contributed by atoms with Gasteiger partial charge in [0.2, 0.25) is 0 Å². The van der Waals surface area contributed by atoms with Crippen LogP contribution < -0.4 is 10.9 Å². The first-order chi connectivity index (χ1) is 15.5. The summed E-state index contributed by atoms with van der Waals surface area (Å²) in [7, 11) is 0. The number of thiophene rings is 1. The highest BCUT2D eigenvalue weighted by Gasteiger charge is 2.17. The Bertz CT molecular complexity index is 1250. The molecule has 0 aliphatic rings. The van der Waals surface area contributed by atoms with E-state index in [4.69, 9.17) is 12.2 Å². The Labute approximate surface area is 197 Å². The van der Waals surface area contributed by atoms with Crippen LogP contribution in [0.1, 0.15) is 41.5 Å². The van der Waals surface area contributed by atoms with Crippen molar-refractivity contribution in [2.24, 2.45) is 0 Å². The number of benzene rings is 2. The van der Waals surface area contributed by atoms with Crippen LogP contribution in [0.4, 0.5) is 0 Å². The van der Waals surface area contributed by atoms with Crippen molar-refractivity contribution in [2.45, 2.75) is 39.4 Å². The molecule has 0 radical (unpaired) electrons. The average molecular weight is 462 g/mol. The van der Waals surface area contributed by atoms with Crippen LogP contribution in [-0.4, -0.2) is 15.0 Å². The number of nitrogens with zero attached hydrogens (tertiary/aromatic N) is 1. The third-order valence-electron chi connectivity index (χ3n) is 5.61. The molecule has 4 rings (SSSR count). The van der Waals surface area contributed by atoms with Crippen LogP contribution in [0.15, 0.2) is 76.9 Å². The summed E-state index contributed by atoms with van der Waals surface area (Å²) in [5.41, 5.74) is 3.91. The molecule has 0 fully saturated rings. The van der Waals surface area contributed by atoms with Gasteiger partial charge in [-0.05, 0) is 71.7 Å². The first-order valence-corrected chi connectivity index (χ1v) is 12.1. The molecule has 1 atom stereocenters. The minimum Gasteiger partial charge on any atom is -0.356 e. The third kappa shape index (κ3) is 5.26. The molecule has 32 heavy (non-hydrogen) atoms. The Morgan fingerprint density at radius 1 is 1.09 bits per heavy atom. The summed E-state index contributed by atoms with van der Waals surface area (Å²) in [5, 5.41) is 7.20. The third-order valence-corrected chi connectivity index (χ3v) is 6.85. The van der Waals surface area contributed by atoms with Gasteiger partial charge in [-0.25, -0.2) is 0 Å². The lowest BCUT2D eigenvalue weighted by Gasteiger charge is -2.28. The maximum absolute atomic E-state index is 12.8. The summed E-state index contributed by atoms with van der Waals surface area (Å²) >= 11 is 7.50. The summed E-state index contributed by atoms with van der Waals surface area (Å²) in [6, 6.07) is 22.6. The molecular formula is C26H27N3OS2. The number of fused-ring (bicyclic) bond motifs is 1. The molecule has 0 amide bonds. The van der Waals surface area contributed by atoms with Crippen LogP contribution in [0, 0.1) is 0 Å². The number of thiocarbonyl (C=S) groups is 1. The zero-order chi connectivity index (χ0) is 22.5. The van der Waals surface area contributed by atoms with Gasteiger partial charge in [0, 0.05) is 16.0 Å². The fraction of sp³-hybridized carbons (Fsp3) is 0.231. The molecule has 2 heterocycles. The van der Waals surface area contributed by atoms with Crippen LogP contribution in [0.2, 0.25) is 0 Å². The fourth-order valence-electron chi connectivity index (χ4n) is 3.74. The number of rotatable bonds is 7. The SMILES string of the molecule is CCc1ccc2[nH]c(=O)c(CN(Cc3cccs3)C(=S)NC(C)c3ccccc3)cc2c1. The Hall–Kier alpha value is -2.96. The number of aromatic amines is 1. The molecule has 2 N–H and O–H groups in total. The van der Waals surface area contributed by atoms with E-state index in [1.165, 1.54) is 16.0 Å². The zero-order valence-electron chi connectivity index (χ0n) is 18.3. The van der Waals surface area contributed by atoms with E-state index in [2.05, 4.69) is 64.8 Å². The molecule has 0 spiro atoms. The first-order valence-electron chi connectivity index (χ1n) is 10.8. The minimum atomic E-state index is -0.0724. The van der Waals surface area contributed by atoms with E-state index < -0.39 is 0 Å². The summed E-state index contributed by atoms with van der Waals surface area (Å²) in [6.07, 6.45) is 0.959. The second kappa shape index (κ2) is 10.1. The number of nitrogens with one attached hydrogen (secondary N) is 2. The van der Waals surface area contributed by atoms with Gasteiger partial charge in [0.25, 0.3) is 5.56 Å². The Balaban J connectivity index is 1.61. The van der Waals surface area contributed by atoms with Gasteiger partial charge < -0.3 is 15.2 Å². The number of hydrogen-bond acceptors (Lipinski definition) is 3. The second-order valence-corrected chi connectivity index (χ2v) is 9.34. The van der Waals surface area contributed by atoms with E-state index >= 15 is 0 Å². The molecule has 4 aromatic rings. The van der Waals surface area contributed by atoms with E-state index in [0.29, 0.717) is 23.8 Å². The molecular weight excluding hydrogens is 434 g/mol. The molecule has 2 aromatic carbocycles. The number of aryl methyl sites for hydroxylation is 1. The molecule has 0 aliphatic carbocycles. The van der Waals surface area contributed by atoms with Crippen molar-refractivity contribution in [3.8, 4) is 0 Å². The standard InChI is InChI=1S/C26H27N3OS2/c1-3-19-11-12-24-21(14-19)15-22(25(30)28-24)16-29(17-23-10-7-13-32-23)26(31)27-18(2)20-8-5-4-6-9-20/h4-15,18H,3,16-17H2,1-2H3,(H,27,31)(H,28,30). The van der Waals surface area contributed by atoms with E-state index in [9.17, 15) is 4.79 Å². The fourth-order valence-corrected chi connectivity index (χ4v) is 4.76. The number of pyridine rings is 1. The van der Waals surface area contributed by atoms with Gasteiger partial charge in [0.05, 0.1) is 19.1 Å². The zero-order valence-corrected chi connectivity index (χ0v) is 19.9. The Kier molecular flexibility index (Phi) is 7.02. The lowest BCUT2D eigenvalue weighted by atomic mass is 10.1. The number of hydrogen-bond donors (Lipinski definition) is 2. The van der Waals surface area contributed by atoms with E-state index in [-0.39, 0.29) is 11.6 Å². The van der Waals surface area contributed by atoms with Crippen LogP contribution in [0.3, 0.4) is 0 Å². The smallest absolute Gasteiger partial charge is 0.253 e. The number of H-pyrrole nitrogens is 1. The maximum Gasteiger partial charge on any atom is 0.253 e. The topological polar surface area (TPSA) is 48.1 Å². The molecule has 0 saturated heterocycles. The molecule has 0 aliphatic heterocycles. The normalized spacial score (nSPS) is 11.9. The lowest BCUT2D eigenvalue weighted by molar-refractivity contribution is 0.395. The van der Waals surface area contributed by atoms with Crippen LogP contribution in [0.25, 0.3) is 10.9 Å². The van der Waals surface area contributed by atoms with Crippen molar-refractivity contribution < 1.29 is 0 Å². The summed E-state index contributed by atoms with van der Waals surface area (Å²) < 4.78 is 0. The second-order valence-electron chi connectivity index (χ2n) is 7.92. The Morgan fingerprint density at radius 3 is 2.62 bits per heavy atom. The van der Waals surface area contributed by atoms with Crippen molar-refractivity contribution in [1.82, 2.24) is 15.2 Å².